The number of aromatic nitrogens is 2. The number of benzene rings is 3. The predicted molar refractivity (Wildman–Crippen MR) is 112 cm³/mol. The number of hydrogen-bond donors (Lipinski definition) is 0. The second kappa shape index (κ2) is 5.85. The van der Waals surface area contributed by atoms with E-state index >= 15 is 0 Å². The average molecular weight is 352 g/mol. The van der Waals surface area contributed by atoms with Crippen LogP contribution in [0.3, 0.4) is 0 Å². The molecule has 0 amide bonds. The van der Waals surface area contributed by atoms with Crippen LogP contribution in [0.1, 0.15) is 11.1 Å². The van der Waals surface area contributed by atoms with Crippen LogP contribution >= 0.6 is 0 Å². The standard InChI is InChI=1S/C24H20N2O/c1-15-7-6-8-16(2)23(15)22-14-25-24-20-13-17(27-3)11-12-18(20)19-9-4-5-10-21(19)26(22)24/h4-14H,1-3H3. The lowest BCUT2D eigenvalue weighted by atomic mass is 10.00. The molecule has 0 saturated heterocycles. The molecule has 0 aliphatic rings. The summed E-state index contributed by atoms with van der Waals surface area (Å²) in [6.45, 7) is 4.32. The van der Waals surface area contributed by atoms with Crippen molar-refractivity contribution in [2.75, 3.05) is 7.11 Å². The fraction of sp³-hybridized carbons (Fsp3) is 0.125. The van der Waals surface area contributed by atoms with Gasteiger partial charge in [0.1, 0.15) is 11.4 Å². The summed E-state index contributed by atoms with van der Waals surface area (Å²) in [5.74, 6) is 0.844. The van der Waals surface area contributed by atoms with Crippen LogP contribution < -0.4 is 4.74 Å². The van der Waals surface area contributed by atoms with E-state index in [1.807, 2.05) is 12.3 Å². The zero-order chi connectivity index (χ0) is 18.5. The maximum atomic E-state index is 5.48. The molecule has 0 bridgehead atoms. The van der Waals surface area contributed by atoms with Crippen LogP contribution in [0, 0.1) is 13.8 Å². The van der Waals surface area contributed by atoms with Gasteiger partial charge in [0.25, 0.3) is 0 Å². The van der Waals surface area contributed by atoms with Gasteiger partial charge in [-0.3, -0.25) is 4.40 Å². The van der Waals surface area contributed by atoms with E-state index in [0.29, 0.717) is 0 Å². The maximum Gasteiger partial charge on any atom is 0.145 e. The summed E-state index contributed by atoms with van der Waals surface area (Å²) in [6, 6.07) is 21.2. The first kappa shape index (κ1) is 15.9. The molecule has 0 radical (unpaired) electrons. The van der Waals surface area contributed by atoms with Gasteiger partial charge in [0, 0.05) is 16.3 Å². The zero-order valence-electron chi connectivity index (χ0n) is 15.7. The first-order chi connectivity index (χ1) is 13.2. The Bertz CT molecular complexity index is 1310. The van der Waals surface area contributed by atoms with Gasteiger partial charge in [0.15, 0.2) is 0 Å². The number of para-hydroxylation sites is 1. The summed E-state index contributed by atoms with van der Waals surface area (Å²) in [4.78, 5) is 4.84. The molecule has 3 heteroatoms. The Labute approximate surface area is 157 Å². The first-order valence-electron chi connectivity index (χ1n) is 9.11. The minimum Gasteiger partial charge on any atom is -0.497 e. The number of imidazole rings is 1. The van der Waals surface area contributed by atoms with Gasteiger partial charge in [-0.2, -0.15) is 0 Å². The number of ether oxygens (including phenoxy) is 1. The molecule has 0 atom stereocenters. The molecule has 0 N–H and O–H groups in total. The molecule has 3 aromatic carbocycles. The van der Waals surface area contributed by atoms with Crippen molar-refractivity contribution in [3.05, 3.63) is 78.0 Å². The van der Waals surface area contributed by atoms with Crippen molar-refractivity contribution in [3.8, 4) is 17.0 Å². The normalized spacial score (nSPS) is 11.5. The molecule has 0 aliphatic heterocycles. The molecule has 5 rings (SSSR count). The molecule has 3 nitrogen and oxygen atoms in total. The van der Waals surface area contributed by atoms with E-state index in [1.165, 1.54) is 33.0 Å². The molecule has 132 valence electrons. The second-order valence-electron chi connectivity index (χ2n) is 7.00. The zero-order valence-corrected chi connectivity index (χ0v) is 15.7. The number of fused-ring (bicyclic) bond motifs is 6. The Balaban J connectivity index is 2.02. The van der Waals surface area contributed by atoms with Gasteiger partial charge in [-0.05, 0) is 54.6 Å². The molecular formula is C24H20N2O. The van der Waals surface area contributed by atoms with Crippen LogP contribution in [0.5, 0.6) is 5.75 Å². The molecule has 0 fully saturated rings. The summed E-state index contributed by atoms with van der Waals surface area (Å²) in [7, 11) is 1.70. The smallest absolute Gasteiger partial charge is 0.145 e. The Morgan fingerprint density at radius 2 is 1.59 bits per heavy atom. The fourth-order valence-electron chi connectivity index (χ4n) is 4.15. The third-order valence-corrected chi connectivity index (χ3v) is 5.40. The van der Waals surface area contributed by atoms with Gasteiger partial charge < -0.3 is 4.74 Å². The van der Waals surface area contributed by atoms with Crippen LogP contribution in [-0.4, -0.2) is 16.5 Å². The van der Waals surface area contributed by atoms with Crippen molar-refractivity contribution in [1.82, 2.24) is 9.38 Å². The fourth-order valence-corrected chi connectivity index (χ4v) is 4.15. The van der Waals surface area contributed by atoms with Gasteiger partial charge in [-0.25, -0.2) is 4.98 Å². The third-order valence-electron chi connectivity index (χ3n) is 5.40. The average Bonchev–Trinajstić information content (AvgIpc) is 3.13. The largest absolute Gasteiger partial charge is 0.497 e. The van der Waals surface area contributed by atoms with Crippen LogP contribution in [0.15, 0.2) is 66.9 Å². The van der Waals surface area contributed by atoms with E-state index in [0.717, 1.165) is 22.5 Å². The van der Waals surface area contributed by atoms with Crippen molar-refractivity contribution in [2.45, 2.75) is 13.8 Å². The van der Waals surface area contributed by atoms with Gasteiger partial charge in [0.05, 0.1) is 24.5 Å². The Kier molecular flexibility index (Phi) is 3.44. The monoisotopic (exact) mass is 352 g/mol. The summed E-state index contributed by atoms with van der Waals surface area (Å²) in [5.41, 5.74) is 7.01. The van der Waals surface area contributed by atoms with Crippen molar-refractivity contribution in [1.29, 1.82) is 0 Å². The summed E-state index contributed by atoms with van der Waals surface area (Å²) < 4.78 is 7.76. The lowest BCUT2D eigenvalue weighted by molar-refractivity contribution is 0.415. The van der Waals surface area contributed by atoms with Crippen LogP contribution in [0.4, 0.5) is 0 Å². The number of pyridine rings is 1. The molecule has 0 spiro atoms. The van der Waals surface area contributed by atoms with E-state index in [-0.39, 0.29) is 0 Å². The highest BCUT2D eigenvalue weighted by atomic mass is 16.5. The van der Waals surface area contributed by atoms with E-state index in [9.17, 15) is 0 Å². The van der Waals surface area contributed by atoms with Crippen molar-refractivity contribution in [2.24, 2.45) is 0 Å². The van der Waals surface area contributed by atoms with Crippen LogP contribution in [0.25, 0.3) is 38.6 Å². The van der Waals surface area contributed by atoms with Gasteiger partial charge in [0.2, 0.25) is 0 Å². The molecule has 0 unspecified atom stereocenters. The molecule has 27 heavy (non-hydrogen) atoms. The molecule has 0 saturated carbocycles. The van der Waals surface area contributed by atoms with Crippen LogP contribution in [-0.2, 0) is 0 Å². The van der Waals surface area contributed by atoms with Crippen molar-refractivity contribution >= 4 is 27.3 Å². The molecular weight excluding hydrogens is 332 g/mol. The lowest BCUT2D eigenvalue weighted by Crippen LogP contribution is -1.96. The van der Waals surface area contributed by atoms with Crippen molar-refractivity contribution < 1.29 is 4.74 Å². The van der Waals surface area contributed by atoms with E-state index in [1.54, 1.807) is 7.11 Å². The topological polar surface area (TPSA) is 26.5 Å². The van der Waals surface area contributed by atoms with E-state index < -0.39 is 0 Å². The van der Waals surface area contributed by atoms with E-state index in [4.69, 9.17) is 9.72 Å². The highest BCUT2D eigenvalue weighted by Gasteiger charge is 2.16. The Morgan fingerprint density at radius 3 is 2.37 bits per heavy atom. The molecule has 0 aliphatic carbocycles. The first-order valence-corrected chi connectivity index (χ1v) is 9.11. The molecule has 5 aromatic rings. The number of nitrogens with zero attached hydrogens (tertiary/aromatic N) is 2. The molecule has 2 aromatic heterocycles. The Hall–Kier alpha value is -3.33. The van der Waals surface area contributed by atoms with Crippen molar-refractivity contribution in [3.63, 3.8) is 0 Å². The minimum atomic E-state index is 0.844. The summed E-state index contributed by atoms with van der Waals surface area (Å²) in [6.07, 6.45) is 2.00. The van der Waals surface area contributed by atoms with Crippen LogP contribution in [0.2, 0.25) is 0 Å². The quantitative estimate of drug-likeness (QED) is 0.368. The molecule has 2 heterocycles. The minimum absolute atomic E-state index is 0.844. The van der Waals surface area contributed by atoms with Gasteiger partial charge in [-0.15, -0.1) is 0 Å². The van der Waals surface area contributed by atoms with E-state index in [2.05, 4.69) is 72.8 Å². The maximum absolute atomic E-state index is 5.48. The number of aryl methyl sites for hydroxylation is 2. The number of rotatable bonds is 2. The third kappa shape index (κ3) is 2.25. The predicted octanol–water partition coefficient (Wildman–Crippen LogP) is 5.93. The SMILES string of the molecule is COc1ccc2c3ccccc3n3c(-c4c(C)cccc4C)cnc3c2c1. The second-order valence-corrected chi connectivity index (χ2v) is 7.00. The summed E-state index contributed by atoms with van der Waals surface area (Å²) >= 11 is 0. The number of methoxy groups -OCH3 is 1. The summed E-state index contributed by atoms with van der Waals surface area (Å²) in [5, 5.41) is 3.51. The van der Waals surface area contributed by atoms with Gasteiger partial charge >= 0.3 is 0 Å². The lowest BCUT2D eigenvalue weighted by Gasteiger charge is -2.14. The highest BCUT2D eigenvalue weighted by Crippen LogP contribution is 2.36. The Morgan fingerprint density at radius 1 is 0.815 bits per heavy atom. The van der Waals surface area contributed by atoms with Gasteiger partial charge in [-0.1, -0.05) is 36.4 Å². The number of hydrogen-bond acceptors (Lipinski definition) is 2. The highest BCUT2D eigenvalue weighted by molar-refractivity contribution is 6.12.